The molecule has 0 atom stereocenters. The third kappa shape index (κ3) is 4.32. The number of imide groups is 1. The van der Waals surface area contributed by atoms with Crippen molar-refractivity contribution < 1.29 is 14.4 Å². The van der Waals surface area contributed by atoms with Crippen LogP contribution in [0.5, 0.6) is 0 Å². The van der Waals surface area contributed by atoms with E-state index in [2.05, 4.69) is 20.6 Å². The zero-order chi connectivity index (χ0) is 25.2. The quantitative estimate of drug-likeness (QED) is 0.373. The van der Waals surface area contributed by atoms with Crippen LogP contribution in [0.15, 0.2) is 79.1 Å². The molecule has 178 valence electrons. The number of benzene rings is 3. The molecule has 0 fully saturated rings. The molecule has 8 nitrogen and oxygen atoms in total. The summed E-state index contributed by atoms with van der Waals surface area (Å²) in [6.45, 7) is 3.90. The van der Waals surface area contributed by atoms with Gasteiger partial charge in [-0.1, -0.05) is 25.1 Å². The number of amides is 3. The number of anilines is 4. The van der Waals surface area contributed by atoms with Crippen LogP contribution in [0, 0.1) is 6.92 Å². The van der Waals surface area contributed by atoms with E-state index in [1.165, 1.54) is 6.33 Å². The average molecular weight is 478 g/mol. The lowest BCUT2D eigenvalue weighted by atomic mass is 10.1. The summed E-state index contributed by atoms with van der Waals surface area (Å²) in [5.74, 6) is -0.381. The van der Waals surface area contributed by atoms with Gasteiger partial charge in [0.2, 0.25) is 0 Å². The fourth-order valence-corrected chi connectivity index (χ4v) is 4.13. The normalized spacial score (nSPS) is 12.4. The first-order valence-electron chi connectivity index (χ1n) is 11.5. The molecule has 3 amide bonds. The molecule has 2 heterocycles. The van der Waals surface area contributed by atoms with E-state index < -0.39 is 0 Å². The van der Waals surface area contributed by atoms with Crippen LogP contribution >= 0.6 is 0 Å². The van der Waals surface area contributed by atoms with Crippen molar-refractivity contribution in [1.29, 1.82) is 0 Å². The Hall–Kier alpha value is -4.85. The van der Waals surface area contributed by atoms with E-state index in [1.807, 2.05) is 38.1 Å². The molecule has 0 radical (unpaired) electrons. The van der Waals surface area contributed by atoms with Gasteiger partial charge in [0.05, 0.1) is 16.8 Å². The minimum absolute atomic E-state index is 0.298. The van der Waals surface area contributed by atoms with Gasteiger partial charge in [0.25, 0.3) is 17.7 Å². The van der Waals surface area contributed by atoms with Gasteiger partial charge in [0, 0.05) is 28.7 Å². The Balaban J connectivity index is 1.34. The monoisotopic (exact) mass is 477 g/mol. The Morgan fingerprint density at radius 3 is 2.22 bits per heavy atom. The summed E-state index contributed by atoms with van der Waals surface area (Å²) < 4.78 is 0. The van der Waals surface area contributed by atoms with Gasteiger partial charge in [-0.2, -0.15) is 0 Å². The van der Waals surface area contributed by atoms with Crippen LogP contribution in [0.3, 0.4) is 0 Å². The summed E-state index contributed by atoms with van der Waals surface area (Å²) in [7, 11) is 0. The molecule has 5 rings (SSSR count). The number of carbonyl (C=O) groups excluding carboxylic acids is 3. The molecule has 0 aliphatic carbocycles. The van der Waals surface area contributed by atoms with Gasteiger partial charge in [0.1, 0.15) is 12.1 Å². The van der Waals surface area contributed by atoms with Crippen LogP contribution in [-0.2, 0) is 6.42 Å². The van der Waals surface area contributed by atoms with Gasteiger partial charge in [-0.05, 0) is 67.4 Å². The number of nitrogens with zero attached hydrogens (tertiary/aromatic N) is 3. The molecule has 3 aromatic carbocycles. The molecule has 0 unspecified atom stereocenters. The number of hydrogen-bond donors (Lipinski definition) is 2. The standard InChI is InChI=1S/C28H23N5O3/c1-3-18-8-11-20(31-25-14-17(2)29-16-30-25)15-24(18)32-26(34)19-9-12-21(13-10-19)33-27(35)22-6-4-5-7-23(22)28(33)36/h4-16H,3H2,1-2H3,(H,32,34)(H,29,30,31). The van der Waals surface area contributed by atoms with Crippen molar-refractivity contribution in [3.8, 4) is 0 Å². The van der Waals surface area contributed by atoms with Gasteiger partial charge in [-0.15, -0.1) is 0 Å². The topological polar surface area (TPSA) is 104 Å². The summed E-state index contributed by atoms with van der Waals surface area (Å²) in [4.78, 5) is 48.0. The van der Waals surface area contributed by atoms with E-state index in [9.17, 15) is 14.4 Å². The average Bonchev–Trinajstić information content (AvgIpc) is 3.14. The van der Waals surface area contributed by atoms with E-state index in [0.29, 0.717) is 33.9 Å². The molecule has 1 aromatic heterocycles. The first-order chi connectivity index (χ1) is 17.4. The van der Waals surface area contributed by atoms with Gasteiger partial charge < -0.3 is 10.6 Å². The lowest BCUT2D eigenvalue weighted by Crippen LogP contribution is -2.29. The van der Waals surface area contributed by atoms with Gasteiger partial charge in [-0.3, -0.25) is 14.4 Å². The van der Waals surface area contributed by atoms with Crippen LogP contribution in [0.1, 0.15) is 49.3 Å². The maximum atomic E-state index is 13.0. The van der Waals surface area contributed by atoms with Crippen molar-refractivity contribution >= 4 is 40.6 Å². The molecule has 0 spiro atoms. The lowest BCUT2D eigenvalue weighted by molar-refractivity contribution is 0.0925. The zero-order valence-electron chi connectivity index (χ0n) is 19.8. The van der Waals surface area contributed by atoms with Crippen molar-refractivity contribution in [1.82, 2.24) is 9.97 Å². The highest BCUT2D eigenvalue weighted by molar-refractivity contribution is 6.34. The summed E-state index contributed by atoms with van der Waals surface area (Å²) >= 11 is 0. The zero-order valence-corrected chi connectivity index (χ0v) is 19.8. The number of carbonyl (C=O) groups is 3. The summed E-state index contributed by atoms with van der Waals surface area (Å²) in [6, 6.07) is 20.7. The van der Waals surface area contributed by atoms with E-state index >= 15 is 0 Å². The van der Waals surface area contributed by atoms with Crippen LogP contribution in [0.25, 0.3) is 0 Å². The van der Waals surface area contributed by atoms with Crippen LogP contribution in [0.2, 0.25) is 0 Å². The van der Waals surface area contributed by atoms with E-state index in [0.717, 1.165) is 28.3 Å². The summed E-state index contributed by atoms with van der Waals surface area (Å²) in [6.07, 6.45) is 2.23. The number of nitrogens with one attached hydrogen (secondary N) is 2. The Labute approximate surface area is 208 Å². The molecule has 1 aliphatic heterocycles. The molecule has 0 bridgehead atoms. The fraction of sp³-hybridized carbons (Fsp3) is 0.107. The maximum absolute atomic E-state index is 13.0. The SMILES string of the molecule is CCc1ccc(Nc2cc(C)ncn2)cc1NC(=O)c1ccc(N2C(=O)c3ccccc3C2=O)cc1. The highest BCUT2D eigenvalue weighted by Crippen LogP contribution is 2.29. The number of hydrogen-bond acceptors (Lipinski definition) is 6. The third-order valence-electron chi connectivity index (χ3n) is 6.00. The van der Waals surface area contributed by atoms with Gasteiger partial charge >= 0.3 is 0 Å². The van der Waals surface area contributed by atoms with Crippen LogP contribution in [0.4, 0.5) is 22.9 Å². The van der Waals surface area contributed by atoms with Crippen LogP contribution < -0.4 is 15.5 Å². The first-order valence-corrected chi connectivity index (χ1v) is 11.5. The smallest absolute Gasteiger partial charge is 0.266 e. The Kier molecular flexibility index (Phi) is 6.00. The Morgan fingerprint density at radius 1 is 0.889 bits per heavy atom. The molecular weight excluding hydrogens is 454 g/mol. The molecule has 0 saturated heterocycles. The molecule has 4 aromatic rings. The molecule has 0 saturated carbocycles. The largest absolute Gasteiger partial charge is 0.340 e. The number of rotatable bonds is 6. The fourth-order valence-electron chi connectivity index (χ4n) is 4.13. The predicted molar refractivity (Wildman–Crippen MR) is 138 cm³/mol. The Morgan fingerprint density at radius 2 is 1.58 bits per heavy atom. The first kappa shape index (κ1) is 22.9. The predicted octanol–water partition coefficient (Wildman–Crippen LogP) is 5.14. The summed E-state index contributed by atoms with van der Waals surface area (Å²) in [5.41, 5.74) is 4.86. The van der Waals surface area contributed by atoms with Crippen molar-refractivity contribution in [2.75, 3.05) is 15.5 Å². The van der Waals surface area contributed by atoms with Crippen molar-refractivity contribution in [2.24, 2.45) is 0 Å². The summed E-state index contributed by atoms with van der Waals surface area (Å²) in [5, 5.41) is 6.21. The highest BCUT2D eigenvalue weighted by atomic mass is 16.2. The molecule has 2 N–H and O–H groups in total. The number of aryl methyl sites for hydroxylation is 2. The van der Waals surface area contributed by atoms with Gasteiger partial charge in [-0.25, -0.2) is 14.9 Å². The second-order valence-corrected chi connectivity index (χ2v) is 8.39. The van der Waals surface area contributed by atoms with Crippen molar-refractivity contribution in [3.63, 3.8) is 0 Å². The van der Waals surface area contributed by atoms with Crippen LogP contribution in [-0.4, -0.2) is 27.7 Å². The number of aromatic nitrogens is 2. The van der Waals surface area contributed by atoms with E-state index in [4.69, 9.17) is 0 Å². The second kappa shape index (κ2) is 9.42. The molecule has 1 aliphatic rings. The maximum Gasteiger partial charge on any atom is 0.266 e. The minimum atomic E-state index is -0.372. The van der Waals surface area contributed by atoms with Crippen molar-refractivity contribution in [2.45, 2.75) is 20.3 Å². The highest BCUT2D eigenvalue weighted by Gasteiger charge is 2.36. The second-order valence-electron chi connectivity index (χ2n) is 8.39. The Bertz CT molecular complexity index is 1460. The lowest BCUT2D eigenvalue weighted by Gasteiger charge is -2.15. The third-order valence-corrected chi connectivity index (χ3v) is 6.00. The van der Waals surface area contributed by atoms with E-state index in [1.54, 1.807) is 48.5 Å². The van der Waals surface area contributed by atoms with Gasteiger partial charge in [0.15, 0.2) is 0 Å². The van der Waals surface area contributed by atoms with Crippen molar-refractivity contribution in [3.05, 3.63) is 107 Å². The number of fused-ring (bicyclic) bond motifs is 1. The molecule has 36 heavy (non-hydrogen) atoms. The molecular formula is C28H23N5O3. The molecule has 8 heteroatoms. The van der Waals surface area contributed by atoms with E-state index in [-0.39, 0.29) is 17.7 Å². The minimum Gasteiger partial charge on any atom is -0.340 e.